The summed E-state index contributed by atoms with van der Waals surface area (Å²) < 4.78 is 0. The van der Waals surface area contributed by atoms with E-state index >= 15 is 0 Å². The molecule has 182 valence electrons. The first-order valence-corrected chi connectivity index (χ1v) is 13.6. The zero-order chi connectivity index (χ0) is 24.8. The van der Waals surface area contributed by atoms with Gasteiger partial charge in [-0.15, -0.1) is 0 Å². The Morgan fingerprint density at radius 1 is 0.806 bits per heavy atom. The summed E-state index contributed by atoms with van der Waals surface area (Å²) in [6.45, 7) is 4.74. The molecule has 0 radical (unpaired) electrons. The van der Waals surface area contributed by atoms with Gasteiger partial charge in [-0.1, -0.05) is 111 Å². The van der Waals surface area contributed by atoms with Crippen LogP contribution in [0.4, 0.5) is 5.69 Å². The number of hydrogen-bond acceptors (Lipinski definition) is 1. The molecule has 0 N–H and O–H groups in total. The van der Waals surface area contributed by atoms with Gasteiger partial charge in [0.05, 0.1) is 0 Å². The summed E-state index contributed by atoms with van der Waals surface area (Å²) in [6, 6.07) is 29.0. The number of hydrogen-bond donors (Lipinski definition) is 0. The third-order valence-corrected chi connectivity index (χ3v) is 9.18. The Morgan fingerprint density at radius 2 is 1.47 bits per heavy atom. The SMILES string of the molecule is CC1=C(/C=C/C=C2/N(C)c3ccccc3C23CCCCC3)C(C)(Cc2ccccc2)c2ccccc21. The Bertz CT molecular complexity index is 1370. The second-order valence-corrected chi connectivity index (χ2v) is 11.2. The van der Waals surface area contributed by atoms with Gasteiger partial charge in [0, 0.05) is 29.3 Å². The topological polar surface area (TPSA) is 3.24 Å². The molecular formula is C35H37N. The van der Waals surface area contributed by atoms with E-state index in [-0.39, 0.29) is 10.8 Å². The second kappa shape index (κ2) is 8.96. The van der Waals surface area contributed by atoms with Crippen LogP contribution in [0.5, 0.6) is 0 Å². The maximum atomic E-state index is 2.46. The molecule has 1 heteroatoms. The van der Waals surface area contributed by atoms with Crippen LogP contribution < -0.4 is 4.90 Å². The molecule has 1 heterocycles. The highest BCUT2D eigenvalue weighted by Crippen LogP contribution is 2.55. The molecule has 1 spiro atoms. The number of likely N-dealkylation sites (N-methyl/N-ethyl adjacent to an activating group) is 1. The summed E-state index contributed by atoms with van der Waals surface area (Å²) in [7, 11) is 2.26. The number of allylic oxidation sites excluding steroid dienone is 6. The molecule has 1 fully saturated rings. The Kier molecular flexibility index (Phi) is 5.75. The van der Waals surface area contributed by atoms with Crippen molar-refractivity contribution in [1.82, 2.24) is 0 Å². The molecule has 1 nitrogen and oxygen atoms in total. The van der Waals surface area contributed by atoms with Crippen molar-refractivity contribution in [3.05, 3.63) is 131 Å². The Hall–Kier alpha value is -3.32. The molecule has 0 amide bonds. The first-order chi connectivity index (χ1) is 17.5. The molecule has 1 aliphatic heterocycles. The van der Waals surface area contributed by atoms with Crippen molar-refractivity contribution in [3.8, 4) is 0 Å². The third-order valence-electron chi connectivity index (χ3n) is 9.18. The predicted molar refractivity (Wildman–Crippen MR) is 153 cm³/mol. The largest absolute Gasteiger partial charge is 0.347 e. The zero-order valence-corrected chi connectivity index (χ0v) is 21.9. The van der Waals surface area contributed by atoms with Crippen molar-refractivity contribution >= 4 is 11.3 Å². The molecular weight excluding hydrogens is 434 g/mol. The maximum Gasteiger partial charge on any atom is 0.0448 e. The molecule has 36 heavy (non-hydrogen) atoms. The lowest BCUT2D eigenvalue weighted by atomic mass is 9.68. The summed E-state index contributed by atoms with van der Waals surface area (Å²) >= 11 is 0. The quantitative estimate of drug-likeness (QED) is 0.367. The fourth-order valence-corrected chi connectivity index (χ4v) is 7.45. The molecule has 0 bridgehead atoms. The average molecular weight is 472 g/mol. The van der Waals surface area contributed by atoms with Gasteiger partial charge in [-0.2, -0.15) is 0 Å². The zero-order valence-electron chi connectivity index (χ0n) is 21.9. The summed E-state index contributed by atoms with van der Waals surface area (Å²) in [5, 5.41) is 0. The Balaban J connectivity index is 1.40. The van der Waals surface area contributed by atoms with E-state index in [0.717, 1.165) is 6.42 Å². The lowest BCUT2D eigenvalue weighted by Crippen LogP contribution is -2.31. The van der Waals surface area contributed by atoms with Gasteiger partial charge in [-0.05, 0) is 71.7 Å². The fraction of sp³-hybridized carbons (Fsp3) is 0.314. The minimum absolute atomic E-state index is 0.0376. The van der Waals surface area contributed by atoms with Crippen molar-refractivity contribution in [2.24, 2.45) is 0 Å². The van der Waals surface area contributed by atoms with Crippen LogP contribution in [0.15, 0.2) is 108 Å². The van der Waals surface area contributed by atoms with Gasteiger partial charge in [0.2, 0.25) is 0 Å². The summed E-state index contributed by atoms with van der Waals surface area (Å²) in [5.41, 5.74) is 11.6. The standard InChI is InChI=1S/C35H37N/c1-26-28-17-8-9-18-30(28)34(2,25-27-15-6-4-7-16-27)29(26)20-14-22-33-35(23-12-5-13-24-35)31-19-10-11-21-32(31)36(33)3/h4,6-11,14-22H,5,12-13,23-25H2,1-3H3/b20-14+,33-22+. The summed E-state index contributed by atoms with van der Waals surface area (Å²) in [5.74, 6) is 0. The fourth-order valence-electron chi connectivity index (χ4n) is 7.45. The van der Waals surface area contributed by atoms with E-state index in [4.69, 9.17) is 0 Å². The summed E-state index contributed by atoms with van der Waals surface area (Å²) in [6.07, 6.45) is 14.7. The van der Waals surface area contributed by atoms with Crippen LogP contribution >= 0.6 is 0 Å². The third kappa shape index (κ3) is 3.52. The summed E-state index contributed by atoms with van der Waals surface area (Å²) in [4.78, 5) is 2.46. The van der Waals surface area contributed by atoms with Gasteiger partial charge in [0.15, 0.2) is 0 Å². The molecule has 0 aromatic heterocycles. The number of anilines is 1. The van der Waals surface area contributed by atoms with Crippen LogP contribution in [0.1, 0.15) is 68.2 Å². The van der Waals surface area contributed by atoms with E-state index in [9.17, 15) is 0 Å². The lowest BCUT2D eigenvalue weighted by molar-refractivity contribution is 0.347. The molecule has 1 unspecified atom stereocenters. The number of para-hydroxylation sites is 1. The van der Waals surface area contributed by atoms with Gasteiger partial charge in [0.1, 0.15) is 0 Å². The van der Waals surface area contributed by atoms with Crippen LogP contribution in [0.25, 0.3) is 5.57 Å². The van der Waals surface area contributed by atoms with Gasteiger partial charge in [0.25, 0.3) is 0 Å². The van der Waals surface area contributed by atoms with Crippen molar-refractivity contribution < 1.29 is 0 Å². The highest BCUT2D eigenvalue weighted by Gasteiger charge is 2.46. The van der Waals surface area contributed by atoms with Crippen LogP contribution in [-0.4, -0.2) is 7.05 Å². The molecule has 3 aromatic carbocycles. The number of benzene rings is 3. The first-order valence-electron chi connectivity index (χ1n) is 13.6. The molecule has 6 rings (SSSR count). The average Bonchev–Trinajstić information content (AvgIpc) is 3.26. The van der Waals surface area contributed by atoms with Crippen LogP contribution in [-0.2, 0) is 17.3 Å². The lowest BCUT2D eigenvalue weighted by Gasteiger charge is -2.36. The Labute approximate surface area is 216 Å². The minimum atomic E-state index is -0.0376. The molecule has 0 saturated heterocycles. The van der Waals surface area contributed by atoms with E-state index in [2.05, 4.69) is 123 Å². The highest BCUT2D eigenvalue weighted by molar-refractivity contribution is 5.81. The monoisotopic (exact) mass is 471 g/mol. The van der Waals surface area contributed by atoms with Gasteiger partial charge >= 0.3 is 0 Å². The van der Waals surface area contributed by atoms with Crippen LogP contribution in [0.3, 0.4) is 0 Å². The van der Waals surface area contributed by atoms with Crippen molar-refractivity contribution in [3.63, 3.8) is 0 Å². The maximum absolute atomic E-state index is 2.46. The van der Waals surface area contributed by atoms with E-state index < -0.39 is 0 Å². The van der Waals surface area contributed by atoms with Gasteiger partial charge < -0.3 is 4.90 Å². The van der Waals surface area contributed by atoms with Crippen molar-refractivity contribution in [2.75, 3.05) is 11.9 Å². The number of rotatable bonds is 4. The molecule has 2 aliphatic carbocycles. The molecule has 3 aliphatic rings. The first kappa shape index (κ1) is 23.1. The van der Waals surface area contributed by atoms with Crippen molar-refractivity contribution in [1.29, 1.82) is 0 Å². The van der Waals surface area contributed by atoms with E-state index in [1.165, 1.54) is 76.9 Å². The minimum Gasteiger partial charge on any atom is -0.347 e. The predicted octanol–water partition coefficient (Wildman–Crippen LogP) is 8.77. The smallest absolute Gasteiger partial charge is 0.0448 e. The van der Waals surface area contributed by atoms with Crippen LogP contribution in [0, 0.1) is 0 Å². The van der Waals surface area contributed by atoms with E-state index in [0.29, 0.717) is 0 Å². The molecule has 1 saturated carbocycles. The van der Waals surface area contributed by atoms with E-state index in [1.54, 1.807) is 0 Å². The van der Waals surface area contributed by atoms with E-state index in [1.807, 2.05) is 0 Å². The van der Waals surface area contributed by atoms with Gasteiger partial charge in [-0.3, -0.25) is 0 Å². The van der Waals surface area contributed by atoms with Gasteiger partial charge in [-0.25, -0.2) is 0 Å². The van der Waals surface area contributed by atoms with Crippen molar-refractivity contribution in [2.45, 2.75) is 63.2 Å². The second-order valence-electron chi connectivity index (χ2n) is 11.2. The molecule has 1 atom stereocenters. The Morgan fingerprint density at radius 3 is 2.25 bits per heavy atom. The number of nitrogens with zero attached hydrogens (tertiary/aromatic N) is 1. The normalized spacial score (nSPS) is 23.6. The molecule has 3 aromatic rings. The number of fused-ring (bicyclic) bond motifs is 3. The van der Waals surface area contributed by atoms with Crippen LogP contribution in [0.2, 0.25) is 0 Å². The highest BCUT2D eigenvalue weighted by atomic mass is 15.2.